The maximum absolute atomic E-state index is 4.28. The number of nitrogens with zero attached hydrogens (tertiary/aromatic N) is 1. The van der Waals surface area contributed by atoms with Crippen molar-refractivity contribution in [1.29, 1.82) is 0 Å². The summed E-state index contributed by atoms with van der Waals surface area (Å²) in [7, 11) is 0. The standard InChI is InChI=1S/C11H11BrN2/c1-7-8(2)13-14-11(7)9-4-3-5-10(12)6-9/h3-6H,1-2H3,(H,13,14). The Kier molecular flexibility index (Phi) is 2.42. The number of aromatic nitrogens is 2. The molecule has 0 amide bonds. The Morgan fingerprint density at radius 2 is 2.07 bits per heavy atom. The van der Waals surface area contributed by atoms with Gasteiger partial charge in [-0.3, -0.25) is 5.10 Å². The molecule has 1 N–H and O–H groups in total. The summed E-state index contributed by atoms with van der Waals surface area (Å²) in [6.45, 7) is 4.11. The van der Waals surface area contributed by atoms with E-state index in [1.54, 1.807) is 0 Å². The number of hydrogen-bond donors (Lipinski definition) is 1. The van der Waals surface area contributed by atoms with Crippen molar-refractivity contribution in [2.45, 2.75) is 13.8 Å². The van der Waals surface area contributed by atoms with Crippen LogP contribution in [0.1, 0.15) is 11.3 Å². The van der Waals surface area contributed by atoms with Crippen LogP contribution in [0.25, 0.3) is 11.3 Å². The maximum atomic E-state index is 4.28. The summed E-state index contributed by atoms with van der Waals surface area (Å²) in [6, 6.07) is 8.16. The van der Waals surface area contributed by atoms with E-state index in [-0.39, 0.29) is 0 Å². The van der Waals surface area contributed by atoms with Gasteiger partial charge in [-0.1, -0.05) is 28.1 Å². The Morgan fingerprint density at radius 1 is 1.29 bits per heavy atom. The van der Waals surface area contributed by atoms with Crippen LogP contribution >= 0.6 is 15.9 Å². The van der Waals surface area contributed by atoms with Gasteiger partial charge in [0.15, 0.2) is 0 Å². The zero-order valence-electron chi connectivity index (χ0n) is 8.13. The number of benzene rings is 1. The first-order valence-electron chi connectivity index (χ1n) is 4.46. The Bertz CT molecular complexity index is 460. The molecule has 2 aromatic rings. The largest absolute Gasteiger partial charge is 0.282 e. The average Bonchev–Trinajstić information content (AvgIpc) is 2.48. The van der Waals surface area contributed by atoms with Crippen LogP contribution in [0.5, 0.6) is 0 Å². The van der Waals surface area contributed by atoms with Gasteiger partial charge in [-0.2, -0.15) is 5.10 Å². The Hall–Kier alpha value is -1.09. The molecule has 1 heterocycles. The van der Waals surface area contributed by atoms with Crippen LogP contribution in [0.4, 0.5) is 0 Å². The summed E-state index contributed by atoms with van der Waals surface area (Å²) in [4.78, 5) is 0. The highest BCUT2D eigenvalue weighted by atomic mass is 79.9. The van der Waals surface area contributed by atoms with Gasteiger partial charge >= 0.3 is 0 Å². The summed E-state index contributed by atoms with van der Waals surface area (Å²) < 4.78 is 1.08. The van der Waals surface area contributed by atoms with E-state index in [2.05, 4.69) is 45.2 Å². The van der Waals surface area contributed by atoms with Gasteiger partial charge in [-0.15, -0.1) is 0 Å². The first-order chi connectivity index (χ1) is 6.68. The van der Waals surface area contributed by atoms with E-state index in [4.69, 9.17) is 0 Å². The molecule has 14 heavy (non-hydrogen) atoms. The van der Waals surface area contributed by atoms with Crippen LogP contribution < -0.4 is 0 Å². The molecule has 0 atom stereocenters. The lowest BCUT2D eigenvalue weighted by Crippen LogP contribution is -1.80. The zero-order valence-corrected chi connectivity index (χ0v) is 9.72. The average molecular weight is 251 g/mol. The third-order valence-corrected chi connectivity index (χ3v) is 2.84. The highest BCUT2D eigenvalue weighted by Gasteiger charge is 2.07. The number of H-pyrrole nitrogens is 1. The zero-order chi connectivity index (χ0) is 10.1. The molecule has 0 fully saturated rings. The summed E-state index contributed by atoms with van der Waals surface area (Å²) in [5.74, 6) is 0. The third-order valence-electron chi connectivity index (χ3n) is 2.35. The quantitative estimate of drug-likeness (QED) is 0.826. The molecule has 0 saturated carbocycles. The fraction of sp³-hybridized carbons (Fsp3) is 0.182. The minimum Gasteiger partial charge on any atom is -0.282 e. The molecular weight excluding hydrogens is 240 g/mol. The van der Waals surface area contributed by atoms with Crippen LogP contribution in [0.2, 0.25) is 0 Å². The number of nitrogens with one attached hydrogen (secondary N) is 1. The molecule has 0 aliphatic rings. The van der Waals surface area contributed by atoms with Crippen molar-refractivity contribution >= 4 is 15.9 Å². The van der Waals surface area contributed by atoms with Crippen molar-refractivity contribution in [2.75, 3.05) is 0 Å². The van der Waals surface area contributed by atoms with Crippen LogP contribution in [-0.2, 0) is 0 Å². The fourth-order valence-electron chi connectivity index (χ4n) is 1.40. The monoisotopic (exact) mass is 250 g/mol. The molecule has 72 valence electrons. The first kappa shape index (κ1) is 9.46. The van der Waals surface area contributed by atoms with Crippen molar-refractivity contribution in [1.82, 2.24) is 10.2 Å². The summed E-state index contributed by atoms with van der Waals surface area (Å²) in [5.41, 5.74) is 4.51. The maximum Gasteiger partial charge on any atom is 0.0952 e. The van der Waals surface area contributed by atoms with E-state index in [1.807, 2.05) is 19.1 Å². The van der Waals surface area contributed by atoms with Gasteiger partial charge in [-0.25, -0.2) is 0 Å². The molecule has 0 bridgehead atoms. The van der Waals surface area contributed by atoms with E-state index < -0.39 is 0 Å². The lowest BCUT2D eigenvalue weighted by atomic mass is 10.1. The first-order valence-corrected chi connectivity index (χ1v) is 5.25. The molecule has 3 heteroatoms. The molecule has 0 unspecified atom stereocenters. The van der Waals surface area contributed by atoms with Gasteiger partial charge < -0.3 is 0 Å². The summed E-state index contributed by atoms with van der Waals surface area (Å²) in [6.07, 6.45) is 0. The summed E-state index contributed by atoms with van der Waals surface area (Å²) in [5, 5.41) is 7.27. The molecule has 1 aromatic carbocycles. The normalized spacial score (nSPS) is 10.5. The summed E-state index contributed by atoms with van der Waals surface area (Å²) >= 11 is 3.45. The van der Waals surface area contributed by atoms with Crippen LogP contribution in [0.3, 0.4) is 0 Å². The molecular formula is C11H11BrN2. The van der Waals surface area contributed by atoms with Gasteiger partial charge in [0, 0.05) is 15.7 Å². The van der Waals surface area contributed by atoms with Crippen molar-refractivity contribution in [2.24, 2.45) is 0 Å². The Labute approximate surface area is 91.5 Å². The molecule has 0 radical (unpaired) electrons. The molecule has 1 aromatic heterocycles. The molecule has 2 rings (SSSR count). The number of aryl methyl sites for hydroxylation is 1. The van der Waals surface area contributed by atoms with Crippen molar-refractivity contribution in [3.05, 3.63) is 40.0 Å². The van der Waals surface area contributed by atoms with Gasteiger partial charge in [0.1, 0.15) is 0 Å². The van der Waals surface area contributed by atoms with Crippen LogP contribution in [-0.4, -0.2) is 10.2 Å². The number of hydrogen-bond acceptors (Lipinski definition) is 1. The second kappa shape index (κ2) is 3.58. The number of aromatic amines is 1. The lowest BCUT2D eigenvalue weighted by Gasteiger charge is -1.99. The van der Waals surface area contributed by atoms with E-state index in [0.29, 0.717) is 0 Å². The van der Waals surface area contributed by atoms with Crippen molar-refractivity contribution in [3.63, 3.8) is 0 Å². The van der Waals surface area contributed by atoms with E-state index in [9.17, 15) is 0 Å². The van der Waals surface area contributed by atoms with Crippen molar-refractivity contribution in [3.8, 4) is 11.3 Å². The van der Waals surface area contributed by atoms with Crippen molar-refractivity contribution < 1.29 is 0 Å². The second-order valence-corrected chi connectivity index (χ2v) is 4.25. The van der Waals surface area contributed by atoms with Gasteiger partial charge in [0.25, 0.3) is 0 Å². The molecule has 2 nitrogen and oxygen atoms in total. The smallest absolute Gasteiger partial charge is 0.0952 e. The third kappa shape index (κ3) is 1.60. The Balaban J connectivity index is 2.55. The Morgan fingerprint density at radius 3 is 2.64 bits per heavy atom. The minimum absolute atomic E-state index is 1.03. The van der Waals surface area contributed by atoms with Gasteiger partial charge in [0.05, 0.1) is 5.69 Å². The highest BCUT2D eigenvalue weighted by molar-refractivity contribution is 9.10. The predicted molar refractivity (Wildman–Crippen MR) is 61.2 cm³/mol. The minimum atomic E-state index is 1.03. The van der Waals surface area contributed by atoms with Gasteiger partial charge in [-0.05, 0) is 31.5 Å². The van der Waals surface area contributed by atoms with E-state index in [0.717, 1.165) is 21.4 Å². The second-order valence-electron chi connectivity index (χ2n) is 3.33. The van der Waals surface area contributed by atoms with Gasteiger partial charge in [0.2, 0.25) is 0 Å². The van der Waals surface area contributed by atoms with Crippen LogP contribution in [0, 0.1) is 13.8 Å². The SMILES string of the molecule is Cc1[nH]nc(-c2cccc(Br)c2)c1C. The van der Waals surface area contributed by atoms with Crippen LogP contribution in [0.15, 0.2) is 28.7 Å². The van der Waals surface area contributed by atoms with E-state index >= 15 is 0 Å². The van der Waals surface area contributed by atoms with E-state index in [1.165, 1.54) is 5.56 Å². The number of halogens is 1. The molecule has 0 aliphatic carbocycles. The topological polar surface area (TPSA) is 28.7 Å². The predicted octanol–water partition coefficient (Wildman–Crippen LogP) is 3.46. The number of rotatable bonds is 1. The highest BCUT2D eigenvalue weighted by Crippen LogP contribution is 2.25. The fourth-order valence-corrected chi connectivity index (χ4v) is 1.80. The molecule has 0 aliphatic heterocycles. The molecule has 0 saturated heterocycles. The molecule has 0 spiro atoms. The lowest BCUT2D eigenvalue weighted by molar-refractivity contribution is 1.05.